The molecule has 164 valence electrons. The highest BCUT2D eigenvalue weighted by molar-refractivity contribution is 5.56. The molecule has 2 aliphatic rings. The van der Waals surface area contributed by atoms with E-state index in [4.69, 9.17) is 0 Å². The number of rotatable bonds is 4. The summed E-state index contributed by atoms with van der Waals surface area (Å²) in [6, 6.07) is 25.8. The summed E-state index contributed by atoms with van der Waals surface area (Å²) in [6.45, 7) is 4.16. The van der Waals surface area contributed by atoms with Crippen molar-refractivity contribution in [3.05, 3.63) is 95.1 Å². The highest BCUT2D eigenvalue weighted by atomic mass is 16.3. The van der Waals surface area contributed by atoms with Crippen LogP contribution in [0.1, 0.15) is 66.2 Å². The first-order valence-corrected chi connectivity index (χ1v) is 11.8. The van der Waals surface area contributed by atoms with E-state index >= 15 is 0 Å². The van der Waals surface area contributed by atoms with E-state index in [0.29, 0.717) is 17.6 Å². The van der Waals surface area contributed by atoms with Gasteiger partial charge in [-0.25, -0.2) is 0 Å². The lowest BCUT2D eigenvalue weighted by Crippen LogP contribution is -2.34. The molecule has 0 saturated carbocycles. The molecule has 1 aliphatic carbocycles. The van der Waals surface area contributed by atoms with Gasteiger partial charge >= 0.3 is 0 Å². The van der Waals surface area contributed by atoms with Gasteiger partial charge in [-0.15, -0.1) is 0 Å². The maximum atomic E-state index is 11.1. The molecule has 3 aromatic carbocycles. The molecule has 0 bridgehead atoms. The summed E-state index contributed by atoms with van der Waals surface area (Å²) >= 11 is 0. The highest BCUT2D eigenvalue weighted by Crippen LogP contribution is 2.51. The number of carbonyl (C=O) groups is 1. The number of hydrogen-bond acceptors (Lipinski definition) is 3. The summed E-state index contributed by atoms with van der Waals surface area (Å²) in [7, 11) is 0. The van der Waals surface area contributed by atoms with Crippen molar-refractivity contribution in [3.8, 4) is 5.75 Å². The summed E-state index contributed by atoms with van der Waals surface area (Å²) in [4.78, 5) is 13.5. The van der Waals surface area contributed by atoms with Crippen LogP contribution in [-0.4, -0.2) is 24.5 Å². The predicted octanol–water partition coefficient (Wildman–Crippen LogP) is 6.23. The van der Waals surface area contributed by atoms with Gasteiger partial charge in [0.05, 0.1) is 0 Å². The molecule has 0 unspecified atom stereocenters. The van der Waals surface area contributed by atoms with Gasteiger partial charge in [-0.3, -0.25) is 0 Å². The second kappa shape index (κ2) is 8.82. The summed E-state index contributed by atoms with van der Waals surface area (Å²) in [5, 5.41) is 10.1. The number of anilines is 1. The monoisotopic (exact) mass is 425 g/mol. The Morgan fingerprint density at radius 3 is 2.28 bits per heavy atom. The molecule has 3 nitrogen and oxygen atoms in total. The van der Waals surface area contributed by atoms with Crippen molar-refractivity contribution in [1.29, 1.82) is 0 Å². The molecule has 1 fully saturated rings. The van der Waals surface area contributed by atoms with Crippen LogP contribution in [0, 0.1) is 5.92 Å². The third-order valence-electron chi connectivity index (χ3n) is 7.52. The molecular weight excluding hydrogens is 394 g/mol. The van der Waals surface area contributed by atoms with Gasteiger partial charge in [0.2, 0.25) is 0 Å². The van der Waals surface area contributed by atoms with Crippen LogP contribution in [-0.2, 0) is 4.79 Å². The number of phenolic OH excluding ortho intramolecular Hbond substituents is 1. The highest BCUT2D eigenvalue weighted by Gasteiger charge is 2.35. The lowest BCUT2D eigenvalue weighted by Gasteiger charge is -2.38. The van der Waals surface area contributed by atoms with Gasteiger partial charge in [0.25, 0.3) is 0 Å². The van der Waals surface area contributed by atoms with Gasteiger partial charge in [-0.1, -0.05) is 55.5 Å². The van der Waals surface area contributed by atoms with E-state index in [1.165, 1.54) is 27.9 Å². The van der Waals surface area contributed by atoms with E-state index in [1.54, 1.807) is 0 Å². The smallest absolute Gasteiger partial charge is 0.123 e. The van der Waals surface area contributed by atoms with Gasteiger partial charge in [0.15, 0.2) is 0 Å². The fraction of sp³-hybridized carbons (Fsp3) is 0.345. The fourth-order valence-corrected chi connectivity index (χ4v) is 5.76. The van der Waals surface area contributed by atoms with Gasteiger partial charge < -0.3 is 14.8 Å². The number of hydrogen-bond donors (Lipinski definition) is 1. The van der Waals surface area contributed by atoms with Crippen molar-refractivity contribution in [2.75, 3.05) is 18.0 Å². The second-order valence-corrected chi connectivity index (χ2v) is 9.50. The Labute approximate surface area is 190 Å². The minimum Gasteiger partial charge on any atom is -0.508 e. The van der Waals surface area contributed by atoms with Crippen molar-refractivity contribution < 1.29 is 9.90 Å². The van der Waals surface area contributed by atoms with Crippen molar-refractivity contribution >= 4 is 12.0 Å². The van der Waals surface area contributed by atoms with Gasteiger partial charge in [-0.05, 0) is 77.6 Å². The maximum Gasteiger partial charge on any atom is 0.123 e. The molecular formula is C29H31NO2. The number of aromatic hydroxyl groups is 1. The van der Waals surface area contributed by atoms with Crippen LogP contribution in [0.5, 0.6) is 5.75 Å². The first kappa shape index (κ1) is 20.8. The normalized spacial score (nSPS) is 23.5. The number of fused-ring (bicyclic) bond motifs is 1. The lowest BCUT2D eigenvalue weighted by molar-refractivity contribution is -0.111. The Morgan fingerprint density at radius 2 is 1.59 bits per heavy atom. The zero-order chi connectivity index (χ0) is 22.1. The molecule has 32 heavy (non-hydrogen) atoms. The van der Waals surface area contributed by atoms with Crippen LogP contribution in [0.2, 0.25) is 0 Å². The Balaban J connectivity index is 1.50. The zero-order valence-electron chi connectivity index (χ0n) is 18.7. The van der Waals surface area contributed by atoms with Crippen molar-refractivity contribution in [1.82, 2.24) is 0 Å². The van der Waals surface area contributed by atoms with Gasteiger partial charge in [0, 0.05) is 30.6 Å². The third-order valence-corrected chi connectivity index (χ3v) is 7.52. The Morgan fingerprint density at radius 1 is 0.875 bits per heavy atom. The average Bonchev–Trinajstić information content (AvgIpc) is 2.85. The molecule has 0 amide bonds. The molecule has 0 aromatic heterocycles. The van der Waals surface area contributed by atoms with Crippen LogP contribution in [0.4, 0.5) is 5.69 Å². The summed E-state index contributed by atoms with van der Waals surface area (Å²) < 4.78 is 0. The summed E-state index contributed by atoms with van der Waals surface area (Å²) in [5.41, 5.74) is 6.54. The SMILES string of the molecule is C[C@H]1C[C@H](c2ccccc2)[C@H](c2ccc(N3CCC(C=O)CC3)cc2)c2ccc(O)cc21. The number of aldehydes is 1. The average molecular weight is 426 g/mol. The van der Waals surface area contributed by atoms with Crippen molar-refractivity contribution in [2.24, 2.45) is 5.92 Å². The molecule has 0 spiro atoms. The van der Waals surface area contributed by atoms with Crippen molar-refractivity contribution in [3.63, 3.8) is 0 Å². The summed E-state index contributed by atoms with van der Waals surface area (Å²) in [5.74, 6) is 1.63. The quantitative estimate of drug-likeness (QED) is 0.504. The topological polar surface area (TPSA) is 40.5 Å². The minimum absolute atomic E-state index is 0.217. The van der Waals surface area contributed by atoms with E-state index in [-0.39, 0.29) is 11.8 Å². The van der Waals surface area contributed by atoms with Crippen molar-refractivity contribution in [2.45, 2.75) is 43.9 Å². The van der Waals surface area contributed by atoms with E-state index in [2.05, 4.69) is 72.5 Å². The van der Waals surface area contributed by atoms with Gasteiger partial charge in [0.1, 0.15) is 12.0 Å². The molecule has 3 aromatic rings. The zero-order valence-corrected chi connectivity index (χ0v) is 18.7. The first-order chi connectivity index (χ1) is 15.6. The molecule has 1 N–H and O–H groups in total. The minimum atomic E-state index is 0.217. The Bertz CT molecular complexity index is 1070. The number of carbonyl (C=O) groups excluding carboxylic acids is 1. The van der Waals surface area contributed by atoms with Crippen LogP contribution < -0.4 is 4.90 Å². The second-order valence-electron chi connectivity index (χ2n) is 9.50. The molecule has 1 saturated heterocycles. The molecule has 3 atom stereocenters. The first-order valence-electron chi connectivity index (χ1n) is 11.8. The number of nitrogens with zero attached hydrogens (tertiary/aromatic N) is 1. The van der Waals surface area contributed by atoms with E-state index in [1.807, 2.05) is 12.1 Å². The van der Waals surface area contributed by atoms with Crippen LogP contribution >= 0.6 is 0 Å². The molecule has 3 heteroatoms. The maximum absolute atomic E-state index is 11.1. The predicted molar refractivity (Wildman–Crippen MR) is 130 cm³/mol. The number of piperidine rings is 1. The van der Waals surface area contributed by atoms with E-state index < -0.39 is 0 Å². The Hall–Kier alpha value is -3.07. The molecule has 5 rings (SSSR count). The third kappa shape index (κ3) is 3.92. The van der Waals surface area contributed by atoms with Crippen LogP contribution in [0.15, 0.2) is 72.8 Å². The van der Waals surface area contributed by atoms with Crippen LogP contribution in [0.25, 0.3) is 0 Å². The molecule has 1 heterocycles. The van der Waals surface area contributed by atoms with E-state index in [9.17, 15) is 9.90 Å². The van der Waals surface area contributed by atoms with E-state index in [0.717, 1.165) is 38.6 Å². The van der Waals surface area contributed by atoms with Gasteiger partial charge in [-0.2, -0.15) is 0 Å². The fourth-order valence-electron chi connectivity index (χ4n) is 5.76. The largest absolute Gasteiger partial charge is 0.508 e. The Kier molecular flexibility index (Phi) is 5.73. The molecule has 0 radical (unpaired) electrons. The van der Waals surface area contributed by atoms with Crippen LogP contribution in [0.3, 0.4) is 0 Å². The summed E-state index contributed by atoms with van der Waals surface area (Å²) in [6.07, 6.45) is 4.06. The molecule has 1 aliphatic heterocycles. The lowest BCUT2D eigenvalue weighted by atomic mass is 9.66. The standard InChI is InChI=1S/C29H31NO2/c1-20-17-28(22-5-3-2-4-6-22)29(26-12-11-25(32)18-27(20)26)23-7-9-24(10-8-23)30-15-13-21(19-31)14-16-30/h2-12,18-21,28-29,32H,13-17H2,1H3/t20-,28+,29+/m0/s1. The number of benzene rings is 3. The number of phenols is 1.